The number of rotatable bonds is 5. The van der Waals surface area contributed by atoms with Gasteiger partial charge < -0.3 is 0 Å². The van der Waals surface area contributed by atoms with E-state index < -0.39 is 0 Å². The van der Waals surface area contributed by atoms with E-state index in [9.17, 15) is 0 Å². The zero-order valence-corrected chi connectivity index (χ0v) is 26.0. The second-order valence-corrected chi connectivity index (χ2v) is 14.3. The smallest absolute Gasteiger partial charge is 0.0449 e. The van der Waals surface area contributed by atoms with Crippen molar-refractivity contribution < 1.29 is 0 Å². The number of fused-ring (bicyclic) bond motifs is 2. The monoisotopic (exact) mass is 604 g/mol. The Balaban J connectivity index is 1.02. The summed E-state index contributed by atoms with van der Waals surface area (Å²) in [6, 6.07) is 39.6. The molecule has 3 heteroatoms. The molecular formula is C40H28S3. The molecule has 6 aromatic rings. The maximum absolute atomic E-state index is 3.28. The number of benzene rings is 2. The van der Waals surface area contributed by atoms with Crippen LogP contribution >= 0.6 is 34.0 Å². The largest absolute Gasteiger partial charge is 0.135 e. The molecule has 2 aliphatic rings. The third-order valence-electron chi connectivity index (χ3n) is 8.25. The molecule has 3 aromatic heterocycles. The van der Waals surface area contributed by atoms with Crippen molar-refractivity contribution in [1.29, 1.82) is 0 Å². The van der Waals surface area contributed by atoms with Crippen LogP contribution in [0.5, 0.6) is 0 Å². The third-order valence-corrected chi connectivity index (χ3v) is 12.0. The zero-order valence-electron chi connectivity index (χ0n) is 23.6. The van der Waals surface area contributed by atoms with Gasteiger partial charge in [0, 0.05) is 34.8 Å². The summed E-state index contributed by atoms with van der Waals surface area (Å²) in [5.74, 6) is 0. The summed E-state index contributed by atoms with van der Waals surface area (Å²) >= 11 is 5.71. The predicted molar refractivity (Wildman–Crippen MR) is 189 cm³/mol. The van der Waals surface area contributed by atoms with Crippen molar-refractivity contribution in [3.63, 3.8) is 0 Å². The quantitative estimate of drug-likeness (QED) is 0.184. The molecule has 0 aliphatic heterocycles. The molecule has 0 saturated carbocycles. The molecule has 0 bridgehead atoms. The average Bonchev–Trinajstić information content (AvgIpc) is 3.77. The molecule has 0 spiro atoms. The lowest BCUT2D eigenvalue weighted by molar-refractivity contribution is 0.860. The maximum Gasteiger partial charge on any atom is 0.0449 e. The van der Waals surface area contributed by atoms with Gasteiger partial charge in [-0.05, 0) is 125 Å². The van der Waals surface area contributed by atoms with E-state index in [-0.39, 0.29) is 0 Å². The summed E-state index contributed by atoms with van der Waals surface area (Å²) in [6.45, 7) is 0. The highest BCUT2D eigenvalue weighted by Crippen LogP contribution is 2.43. The van der Waals surface area contributed by atoms with Crippen LogP contribution in [0.2, 0.25) is 0 Å². The van der Waals surface area contributed by atoms with Crippen molar-refractivity contribution in [3.05, 3.63) is 155 Å². The van der Waals surface area contributed by atoms with Crippen molar-refractivity contribution in [2.24, 2.45) is 0 Å². The molecule has 8 rings (SSSR count). The SMILES string of the molecule is c1ccc2c(c#1)CC=CC(C1=CC=C(c3ccc(-c4ccc(-c5ccc(-c6ccc7ccccc7c6)s5)s4)s3)CCC1)=C2. The Morgan fingerprint density at radius 1 is 0.605 bits per heavy atom. The summed E-state index contributed by atoms with van der Waals surface area (Å²) < 4.78 is 0. The highest BCUT2D eigenvalue weighted by molar-refractivity contribution is 7.27. The fourth-order valence-corrected chi connectivity index (χ4v) is 9.20. The minimum absolute atomic E-state index is 0.918. The van der Waals surface area contributed by atoms with Gasteiger partial charge in [0.1, 0.15) is 0 Å². The van der Waals surface area contributed by atoms with Crippen molar-refractivity contribution in [2.45, 2.75) is 25.7 Å². The van der Waals surface area contributed by atoms with Gasteiger partial charge in [0.2, 0.25) is 0 Å². The predicted octanol–water partition coefficient (Wildman–Crippen LogP) is 12.3. The van der Waals surface area contributed by atoms with Crippen LogP contribution in [0.15, 0.2) is 126 Å². The molecule has 0 fully saturated rings. The Kier molecular flexibility index (Phi) is 7.05. The van der Waals surface area contributed by atoms with Crippen LogP contribution in [0.3, 0.4) is 0 Å². The van der Waals surface area contributed by atoms with Gasteiger partial charge in [-0.15, -0.1) is 34.0 Å². The molecule has 3 aromatic carbocycles. The van der Waals surface area contributed by atoms with Crippen LogP contribution < -0.4 is 0 Å². The molecule has 0 radical (unpaired) electrons. The van der Waals surface area contributed by atoms with Gasteiger partial charge in [-0.1, -0.05) is 72.8 Å². The molecule has 0 unspecified atom stereocenters. The van der Waals surface area contributed by atoms with Crippen LogP contribution in [0, 0.1) is 12.1 Å². The standard InChI is InChI=1S/C40H28S3/c1-3-9-31-25-33(14-6-11-27(31)7-1)29-12-5-13-30(17-15-29)35-19-21-37(41-35)39-23-24-40(43-39)38-22-20-36(42-38)34-18-16-28-8-2-4-10-32(28)26-34/h2-4,6,8-10,14-26H,5,11-13H2. The molecule has 2 aliphatic carbocycles. The van der Waals surface area contributed by atoms with Gasteiger partial charge in [0.15, 0.2) is 0 Å². The molecule has 0 amide bonds. The first-order chi connectivity index (χ1) is 21.3. The third kappa shape index (κ3) is 5.39. The van der Waals surface area contributed by atoms with E-state index >= 15 is 0 Å². The highest BCUT2D eigenvalue weighted by Gasteiger charge is 2.15. The molecular weight excluding hydrogens is 577 g/mol. The Morgan fingerprint density at radius 3 is 2.12 bits per heavy atom. The van der Waals surface area contributed by atoms with Crippen LogP contribution in [0.1, 0.15) is 35.3 Å². The molecule has 0 N–H and O–H groups in total. The lowest BCUT2D eigenvalue weighted by atomic mass is 9.98. The van der Waals surface area contributed by atoms with Crippen LogP contribution in [0.4, 0.5) is 0 Å². The first kappa shape index (κ1) is 26.4. The van der Waals surface area contributed by atoms with E-state index in [1.54, 1.807) is 0 Å². The lowest BCUT2D eigenvalue weighted by Gasteiger charge is -2.06. The topological polar surface area (TPSA) is 0 Å². The Morgan fingerprint density at radius 2 is 1.28 bits per heavy atom. The van der Waals surface area contributed by atoms with E-state index in [0.717, 1.165) is 19.3 Å². The summed E-state index contributed by atoms with van der Waals surface area (Å²) in [7, 11) is 0. The van der Waals surface area contributed by atoms with E-state index in [1.807, 2.05) is 40.1 Å². The van der Waals surface area contributed by atoms with Gasteiger partial charge in [-0.25, -0.2) is 0 Å². The molecule has 3 heterocycles. The first-order valence-corrected chi connectivity index (χ1v) is 17.2. The fraction of sp³-hybridized carbons (Fsp3) is 0.100. The van der Waals surface area contributed by atoms with Crippen molar-refractivity contribution in [3.8, 4) is 29.9 Å². The van der Waals surface area contributed by atoms with Gasteiger partial charge in [-0.3, -0.25) is 0 Å². The first-order valence-electron chi connectivity index (χ1n) is 14.8. The van der Waals surface area contributed by atoms with Crippen LogP contribution in [-0.2, 0) is 6.42 Å². The molecule has 206 valence electrons. The summed E-state index contributed by atoms with van der Waals surface area (Å²) in [5, 5.41) is 2.58. The highest BCUT2D eigenvalue weighted by atomic mass is 32.1. The Hall–Kier alpha value is -4.20. The number of hydrogen-bond acceptors (Lipinski definition) is 3. The van der Waals surface area contributed by atoms with E-state index in [1.165, 1.54) is 79.9 Å². The maximum atomic E-state index is 3.28. The van der Waals surface area contributed by atoms with Gasteiger partial charge in [-0.2, -0.15) is 0 Å². The molecule has 0 atom stereocenters. The fourth-order valence-electron chi connectivity index (χ4n) is 5.95. The number of allylic oxidation sites excluding steroid dienone is 7. The second kappa shape index (κ2) is 11.5. The van der Waals surface area contributed by atoms with Crippen LogP contribution in [0.25, 0.3) is 52.4 Å². The van der Waals surface area contributed by atoms with Gasteiger partial charge in [0.05, 0.1) is 0 Å². The minimum atomic E-state index is 0.918. The van der Waals surface area contributed by atoms with Crippen molar-refractivity contribution >= 4 is 56.4 Å². The van der Waals surface area contributed by atoms with Gasteiger partial charge in [0.25, 0.3) is 0 Å². The van der Waals surface area contributed by atoms with Crippen molar-refractivity contribution in [1.82, 2.24) is 0 Å². The summed E-state index contributed by atoms with van der Waals surface area (Å²) in [5.41, 5.74) is 7.97. The minimum Gasteiger partial charge on any atom is -0.135 e. The Bertz CT molecular complexity index is 2080. The van der Waals surface area contributed by atoms with E-state index in [4.69, 9.17) is 0 Å². The Labute approximate surface area is 265 Å². The molecule has 0 saturated heterocycles. The zero-order chi connectivity index (χ0) is 28.6. The van der Waals surface area contributed by atoms with E-state index in [2.05, 4.69) is 127 Å². The molecule has 43 heavy (non-hydrogen) atoms. The van der Waals surface area contributed by atoms with Crippen LogP contribution in [-0.4, -0.2) is 0 Å². The lowest BCUT2D eigenvalue weighted by Crippen LogP contribution is -1.87. The summed E-state index contributed by atoms with van der Waals surface area (Å²) in [4.78, 5) is 8.08. The van der Waals surface area contributed by atoms with Gasteiger partial charge >= 0.3 is 0 Å². The normalized spacial score (nSPS) is 14.7. The number of thiophene rings is 3. The second-order valence-electron chi connectivity index (χ2n) is 11.0. The number of hydrogen-bond donors (Lipinski definition) is 0. The summed E-state index contributed by atoms with van der Waals surface area (Å²) in [6.07, 6.45) is 15.9. The average molecular weight is 605 g/mol. The van der Waals surface area contributed by atoms with Crippen molar-refractivity contribution in [2.75, 3.05) is 0 Å². The van der Waals surface area contributed by atoms with E-state index in [0.29, 0.717) is 0 Å². The molecule has 0 nitrogen and oxygen atoms in total.